The smallest absolute Gasteiger partial charge is 0.262 e. The Morgan fingerprint density at radius 3 is 2.62 bits per heavy atom. The van der Waals surface area contributed by atoms with Gasteiger partial charge in [-0.25, -0.2) is 4.68 Å². The van der Waals surface area contributed by atoms with Crippen LogP contribution in [0.4, 0.5) is 0 Å². The highest BCUT2D eigenvalue weighted by Gasteiger charge is 2.29. The number of hydrogen-bond acceptors (Lipinski definition) is 6. The lowest BCUT2D eigenvalue weighted by Gasteiger charge is -2.08. The van der Waals surface area contributed by atoms with Crippen molar-refractivity contribution < 1.29 is 9.59 Å². The van der Waals surface area contributed by atoms with Gasteiger partial charge in [0.1, 0.15) is 5.25 Å². The molecule has 0 spiro atoms. The number of hydrogen-bond donors (Lipinski definition) is 2. The number of carbonyl (C=O) groups is 2. The number of para-hydroxylation sites is 1. The average molecular weight is 406 g/mol. The van der Waals surface area contributed by atoms with E-state index in [-0.39, 0.29) is 29.9 Å². The van der Waals surface area contributed by atoms with Gasteiger partial charge in [-0.15, -0.1) is 0 Å². The molecule has 1 atom stereocenters. The Bertz CT molecular complexity index is 1070. The van der Waals surface area contributed by atoms with E-state index in [1.54, 1.807) is 17.1 Å². The molecule has 8 nitrogen and oxygen atoms in total. The van der Waals surface area contributed by atoms with Gasteiger partial charge in [-0.3, -0.25) is 14.6 Å². The summed E-state index contributed by atoms with van der Waals surface area (Å²) in [7, 11) is 0. The summed E-state index contributed by atoms with van der Waals surface area (Å²) in [4.78, 5) is 31.8. The van der Waals surface area contributed by atoms with Crippen LogP contribution in [-0.4, -0.2) is 37.0 Å². The minimum Gasteiger partial charge on any atom is -0.378 e. The van der Waals surface area contributed by atoms with E-state index >= 15 is 0 Å². The molecule has 4 rings (SSSR count). The third-order valence-corrected chi connectivity index (χ3v) is 5.36. The highest BCUT2D eigenvalue weighted by molar-refractivity contribution is 8.15. The number of thioether (sulfide) groups is 1. The first kappa shape index (κ1) is 18.9. The number of rotatable bonds is 6. The van der Waals surface area contributed by atoms with E-state index < -0.39 is 5.25 Å². The van der Waals surface area contributed by atoms with Gasteiger partial charge < -0.3 is 11.1 Å². The molecule has 0 saturated carbocycles. The number of nitrogens with one attached hydrogen (secondary N) is 1. The zero-order valence-electron chi connectivity index (χ0n) is 15.4. The van der Waals surface area contributed by atoms with Gasteiger partial charge in [0.15, 0.2) is 5.17 Å². The molecule has 2 amide bonds. The van der Waals surface area contributed by atoms with Crippen molar-refractivity contribution in [3.05, 3.63) is 66.6 Å². The topological polar surface area (TPSA) is 115 Å². The zero-order chi connectivity index (χ0) is 20.2. The van der Waals surface area contributed by atoms with Gasteiger partial charge >= 0.3 is 0 Å². The number of aliphatic imine (C=N–C) groups is 1. The maximum absolute atomic E-state index is 12.3. The number of carbonyl (C=O) groups excluding carboxylic acids is 2. The predicted molar refractivity (Wildman–Crippen MR) is 111 cm³/mol. The summed E-state index contributed by atoms with van der Waals surface area (Å²) in [5, 5.41) is 7.22. The average Bonchev–Trinajstić information content (AvgIpc) is 3.30. The quantitative estimate of drug-likeness (QED) is 0.646. The number of nitrogens with zero attached hydrogens (tertiary/aromatic N) is 4. The normalized spacial score (nSPS) is 15.9. The molecule has 1 unspecified atom stereocenters. The number of nitrogens with two attached hydrogens (primary N) is 1. The second kappa shape index (κ2) is 8.27. The monoisotopic (exact) mass is 406 g/mol. The Hall–Kier alpha value is -3.46. The zero-order valence-corrected chi connectivity index (χ0v) is 16.2. The van der Waals surface area contributed by atoms with Crippen molar-refractivity contribution in [1.29, 1.82) is 0 Å². The molecule has 146 valence electrons. The molecule has 3 heterocycles. The lowest BCUT2D eigenvalue weighted by atomic mass is 10.1. The Labute approximate surface area is 171 Å². The molecule has 1 aliphatic heterocycles. The van der Waals surface area contributed by atoms with Gasteiger partial charge in [0.2, 0.25) is 5.91 Å². The van der Waals surface area contributed by atoms with Crippen molar-refractivity contribution in [2.45, 2.75) is 18.2 Å². The van der Waals surface area contributed by atoms with Gasteiger partial charge in [0, 0.05) is 42.7 Å². The van der Waals surface area contributed by atoms with Crippen LogP contribution in [0.1, 0.15) is 12.0 Å². The number of amidine groups is 1. The van der Waals surface area contributed by atoms with E-state index in [1.807, 2.05) is 48.7 Å². The van der Waals surface area contributed by atoms with Crippen LogP contribution in [0.25, 0.3) is 16.9 Å². The molecule has 0 fully saturated rings. The van der Waals surface area contributed by atoms with Crippen LogP contribution < -0.4 is 11.1 Å². The van der Waals surface area contributed by atoms with Crippen LogP contribution >= 0.6 is 11.8 Å². The van der Waals surface area contributed by atoms with E-state index in [0.29, 0.717) is 0 Å². The number of benzene rings is 1. The number of aromatic nitrogens is 3. The number of pyridine rings is 1. The van der Waals surface area contributed by atoms with Crippen LogP contribution in [0.3, 0.4) is 0 Å². The van der Waals surface area contributed by atoms with Gasteiger partial charge in [-0.2, -0.15) is 10.1 Å². The SMILES string of the molecule is NC1=NC(=O)C(CC(=O)NCc2cn(-c3ccccc3)nc2-c2ccncc2)S1. The standard InChI is InChI=1S/C20H18N6O2S/c21-20-24-19(28)16(29-20)10-17(27)23-11-14-12-26(15-4-2-1-3-5-15)25-18(14)13-6-8-22-9-7-13/h1-9,12,16H,10-11H2,(H,23,27)(H2,21,24,28). The molecular weight excluding hydrogens is 388 g/mol. The maximum Gasteiger partial charge on any atom is 0.262 e. The van der Waals surface area contributed by atoms with E-state index in [9.17, 15) is 9.59 Å². The second-order valence-electron chi connectivity index (χ2n) is 6.39. The van der Waals surface area contributed by atoms with Crippen molar-refractivity contribution in [2.24, 2.45) is 10.7 Å². The van der Waals surface area contributed by atoms with E-state index in [0.717, 1.165) is 34.3 Å². The van der Waals surface area contributed by atoms with Crippen LogP contribution in [0.15, 0.2) is 66.0 Å². The first-order valence-electron chi connectivity index (χ1n) is 8.96. The molecule has 3 aromatic rings. The van der Waals surface area contributed by atoms with E-state index in [2.05, 4.69) is 15.3 Å². The van der Waals surface area contributed by atoms with Crippen molar-refractivity contribution in [3.8, 4) is 16.9 Å². The maximum atomic E-state index is 12.3. The fraction of sp³-hybridized carbons (Fsp3) is 0.150. The van der Waals surface area contributed by atoms with Crippen LogP contribution in [-0.2, 0) is 16.1 Å². The van der Waals surface area contributed by atoms with Crippen LogP contribution in [0.5, 0.6) is 0 Å². The summed E-state index contributed by atoms with van der Waals surface area (Å²) in [6, 6.07) is 13.5. The summed E-state index contributed by atoms with van der Waals surface area (Å²) >= 11 is 1.12. The molecule has 2 aromatic heterocycles. The third kappa shape index (κ3) is 4.35. The Morgan fingerprint density at radius 1 is 1.17 bits per heavy atom. The summed E-state index contributed by atoms with van der Waals surface area (Å²) < 4.78 is 1.78. The Kier molecular flexibility index (Phi) is 5.39. The summed E-state index contributed by atoms with van der Waals surface area (Å²) in [5.74, 6) is -0.606. The minimum absolute atomic E-state index is 0.0328. The lowest BCUT2D eigenvalue weighted by molar-refractivity contribution is -0.124. The summed E-state index contributed by atoms with van der Waals surface area (Å²) in [6.07, 6.45) is 5.33. The predicted octanol–water partition coefficient (Wildman–Crippen LogP) is 1.90. The van der Waals surface area contributed by atoms with E-state index in [4.69, 9.17) is 10.8 Å². The molecule has 1 aliphatic rings. The van der Waals surface area contributed by atoms with Gasteiger partial charge in [0.05, 0.1) is 11.4 Å². The molecule has 0 radical (unpaired) electrons. The highest BCUT2D eigenvalue weighted by atomic mass is 32.2. The first-order chi connectivity index (χ1) is 14.1. The van der Waals surface area contributed by atoms with Crippen LogP contribution in [0.2, 0.25) is 0 Å². The van der Waals surface area contributed by atoms with Crippen molar-refractivity contribution in [2.75, 3.05) is 0 Å². The first-order valence-corrected chi connectivity index (χ1v) is 9.84. The molecule has 0 bridgehead atoms. The minimum atomic E-state index is -0.554. The third-order valence-electron chi connectivity index (χ3n) is 4.37. The molecule has 1 aromatic carbocycles. The largest absolute Gasteiger partial charge is 0.378 e. The molecule has 3 N–H and O–H groups in total. The molecule has 0 aliphatic carbocycles. The van der Waals surface area contributed by atoms with Gasteiger partial charge in [0.25, 0.3) is 5.91 Å². The van der Waals surface area contributed by atoms with E-state index in [1.165, 1.54) is 0 Å². The fourth-order valence-corrected chi connectivity index (χ4v) is 3.79. The van der Waals surface area contributed by atoms with Crippen LogP contribution in [0, 0.1) is 0 Å². The lowest BCUT2D eigenvalue weighted by Crippen LogP contribution is -2.28. The van der Waals surface area contributed by atoms with Gasteiger partial charge in [-0.05, 0) is 24.3 Å². The molecule has 29 heavy (non-hydrogen) atoms. The fourth-order valence-electron chi connectivity index (χ4n) is 2.97. The molecule has 9 heteroatoms. The second-order valence-corrected chi connectivity index (χ2v) is 7.62. The summed E-state index contributed by atoms with van der Waals surface area (Å²) in [6.45, 7) is 0.283. The Morgan fingerprint density at radius 2 is 1.93 bits per heavy atom. The van der Waals surface area contributed by atoms with Crippen molar-refractivity contribution >= 4 is 28.7 Å². The molecular formula is C20H18N6O2S. The summed E-state index contributed by atoms with van der Waals surface area (Å²) in [5.41, 5.74) is 8.98. The van der Waals surface area contributed by atoms with Crippen molar-refractivity contribution in [1.82, 2.24) is 20.1 Å². The van der Waals surface area contributed by atoms with Gasteiger partial charge in [-0.1, -0.05) is 30.0 Å². The Balaban J connectivity index is 1.52. The van der Waals surface area contributed by atoms with Crippen molar-refractivity contribution in [3.63, 3.8) is 0 Å². The number of amides is 2. The molecule has 0 saturated heterocycles. The highest BCUT2D eigenvalue weighted by Crippen LogP contribution is 2.24.